The van der Waals surface area contributed by atoms with Gasteiger partial charge in [-0.25, -0.2) is 0 Å². The smallest absolute Gasteiger partial charge is 0.223 e. The zero-order valence-electron chi connectivity index (χ0n) is 14.2. The highest BCUT2D eigenvalue weighted by molar-refractivity contribution is 5.79. The van der Waals surface area contributed by atoms with Crippen LogP contribution < -0.4 is 10.6 Å². The molecule has 1 aromatic rings. The van der Waals surface area contributed by atoms with Crippen LogP contribution in [0.5, 0.6) is 0 Å². The van der Waals surface area contributed by atoms with E-state index in [0.717, 1.165) is 37.7 Å². The summed E-state index contributed by atoms with van der Waals surface area (Å²) in [5, 5.41) is 6.13. The van der Waals surface area contributed by atoms with Gasteiger partial charge in [0.2, 0.25) is 11.8 Å². The SMILES string of the molecule is CC[C@H](C(=O)NCc1ccccc1)[C@@H]1CCCC[C@@H]1NC(C)=O. The molecule has 0 bridgehead atoms. The highest BCUT2D eigenvalue weighted by Gasteiger charge is 2.35. The number of hydrogen-bond acceptors (Lipinski definition) is 2. The van der Waals surface area contributed by atoms with Crippen molar-refractivity contribution in [2.75, 3.05) is 0 Å². The fraction of sp³-hybridized carbons (Fsp3) is 0.579. The number of benzene rings is 1. The van der Waals surface area contributed by atoms with Crippen LogP contribution >= 0.6 is 0 Å². The van der Waals surface area contributed by atoms with Gasteiger partial charge in [0, 0.05) is 25.4 Å². The van der Waals surface area contributed by atoms with Gasteiger partial charge in [-0.2, -0.15) is 0 Å². The van der Waals surface area contributed by atoms with E-state index in [1.54, 1.807) is 6.92 Å². The normalized spacial score (nSPS) is 22.2. The molecule has 0 unspecified atom stereocenters. The third-order valence-corrected chi connectivity index (χ3v) is 4.81. The van der Waals surface area contributed by atoms with E-state index in [1.165, 1.54) is 0 Å². The van der Waals surface area contributed by atoms with Crippen LogP contribution in [0.1, 0.15) is 51.5 Å². The van der Waals surface area contributed by atoms with Crippen molar-refractivity contribution in [2.24, 2.45) is 11.8 Å². The average molecular weight is 316 g/mol. The predicted molar refractivity (Wildman–Crippen MR) is 91.6 cm³/mol. The predicted octanol–water partition coefficient (Wildman–Crippen LogP) is 3.02. The van der Waals surface area contributed by atoms with E-state index in [1.807, 2.05) is 30.3 Å². The van der Waals surface area contributed by atoms with Gasteiger partial charge in [0.15, 0.2) is 0 Å². The number of carbonyl (C=O) groups excluding carboxylic acids is 2. The Morgan fingerprint density at radius 1 is 1.17 bits per heavy atom. The zero-order valence-corrected chi connectivity index (χ0v) is 14.2. The average Bonchev–Trinajstić information content (AvgIpc) is 2.55. The van der Waals surface area contributed by atoms with Gasteiger partial charge in [-0.1, -0.05) is 50.1 Å². The molecule has 0 heterocycles. The molecule has 2 amide bonds. The summed E-state index contributed by atoms with van der Waals surface area (Å²) in [4.78, 5) is 24.1. The Balaban J connectivity index is 1.98. The Morgan fingerprint density at radius 2 is 1.87 bits per heavy atom. The summed E-state index contributed by atoms with van der Waals surface area (Å²) in [6, 6.07) is 10.1. The minimum absolute atomic E-state index is 0.00134. The third kappa shape index (κ3) is 5.08. The molecule has 1 aromatic carbocycles. The molecule has 4 heteroatoms. The summed E-state index contributed by atoms with van der Waals surface area (Å²) in [6.45, 7) is 4.18. The lowest BCUT2D eigenvalue weighted by Gasteiger charge is -2.36. The van der Waals surface area contributed by atoms with Gasteiger partial charge in [-0.3, -0.25) is 9.59 Å². The number of carbonyl (C=O) groups is 2. The van der Waals surface area contributed by atoms with Crippen LogP contribution in [0.15, 0.2) is 30.3 Å². The number of rotatable bonds is 6. The number of amides is 2. The van der Waals surface area contributed by atoms with Gasteiger partial charge < -0.3 is 10.6 Å². The maximum Gasteiger partial charge on any atom is 0.223 e. The molecule has 2 N–H and O–H groups in total. The van der Waals surface area contributed by atoms with Crippen molar-refractivity contribution in [1.29, 1.82) is 0 Å². The van der Waals surface area contributed by atoms with Crippen LogP contribution in [-0.4, -0.2) is 17.9 Å². The van der Waals surface area contributed by atoms with E-state index < -0.39 is 0 Å². The summed E-state index contributed by atoms with van der Waals surface area (Å²) < 4.78 is 0. The molecule has 0 aliphatic heterocycles. The first-order valence-corrected chi connectivity index (χ1v) is 8.70. The molecule has 1 aliphatic rings. The maximum atomic E-state index is 12.7. The summed E-state index contributed by atoms with van der Waals surface area (Å²) in [5.41, 5.74) is 1.11. The van der Waals surface area contributed by atoms with E-state index in [-0.39, 0.29) is 29.7 Å². The Hall–Kier alpha value is -1.84. The Labute approximate surface area is 139 Å². The summed E-state index contributed by atoms with van der Waals surface area (Å²) >= 11 is 0. The highest BCUT2D eigenvalue weighted by Crippen LogP contribution is 2.32. The second kappa shape index (κ2) is 8.70. The second-order valence-electron chi connectivity index (χ2n) is 6.47. The lowest BCUT2D eigenvalue weighted by molar-refractivity contribution is -0.129. The topological polar surface area (TPSA) is 58.2 Å². The summed E-state index contributed by atoms with van der Waals surface area (Å²) in [6.07, 6.45) is 5.07. The van der Waals surface area contributed by atoms with E-state index in [4.69, 9.17) is 0 Å². The minimum Gasteiger partial charge on any atom is -0.353 e. The number of nitrogens with one attached hydrogen (secondary N) is 2. The first-order valence-electron chi connectivity index (χ1n) is 8.70. The fourth-order valence-corrected chi connectivity index (χ4v) is 3.68. The fourth-order valence-electron chi connectivity index (χ4n) is 3.68. The molecule has 126 valence electrons. The lowest BCUT2D eigenvalue weighted by atomic mass is 9.75. The summed E-state index contributed by atoms with van der Waals surface area (Å²) in [7, 11) is 0. The van der Waals surface area contributed by atoms with Crippen LogP contribution in [0.25, 0.3) is 0 Å². The van der Waals surface area contributed by atoms with Crippen molar-refractivity contribution in [2.45, 2.75) is 58.5 Å². The maximum absolute atomic E-state index is 12.7. The van der Waals surface area contributed by atoms with Crippen LogP contribution in [0.3, 0.4) is 0 Å². The first kappa shape index (κ1) is 17.5. The molecule has 2 rings (SSSR count). The van der Waals surface area contributed by atoms with Crippen LogP contribution in [-0.2, 0) is 16.1 Å². The van der Waals surface area contributed by atoms with Gasteiger partial charge in [-0.05, 0) is 30.7 Å². The largest absolute Gasteiger partial charge is 0.353 e. The molecular weight excluding hydrogens is 288 g/mol. The van der Waals surface area contributed by atoms with Gasteiger partial charge >= 0.3 is 0 Å². The standard InChI is InChI=1S/C19H28N2O2/c1-3-16(17-11-7-8-12-18(17)21-14(2)22)19(23)20-13-15-9-5-4-6-10-15/h4-6,9-10,16-18H,3,7-8,11-13H2,1-2H3,(H,20,23)(H,21,22)/t16-,17-,18-/m0/s1. The van der Waals surface area contributed by atoms with Crippen molar-refractivity contribution < 1.29 is 9.59 Å². The van der Waals surface area contributed by atoms with Crippen molar-refractivity contribution in [1.82, 2.24) is 10.6 Å². The summed E-state index contributed by atoms with van der Waals surface area (Å²) in [5.74, 6) is 0.323. The molecule has 3 atom stereocenters. The van der Waals surface area contributed by atoms with Crippen LogP contribution in [0, 0.1) is 11.8 Å². The van der Waals surface area contributed by atoms with E-state index in [0.29, 0.717) is 6.54 Å². The molecule has 0 radical (unpaired) electrons. The Morgan fingerprint density at radius 3 is 2.52 bits per heavy atom. The molecule has 23 heavy (non-hydrogen) atoms. The van der Waals surface area contributed by atoms with E-state index in [9.17, 15) is 9.59 Å². The molecule has 0 spiro atoms. The number of hydrogen-bond donors (Lipinski definition) is 2. The first-order chi connectivity index (χ1) is 11.1. The quantitative estimate of drug-likeness (QED) is 0.847. The molecule has 1 fully saturated rings. The highest BCUT2D eigenvalue weighted by atomic mass is 16.2. The Kier molecular flexibility index (Phi) is 6.63. The molecule has 1 aliphatic carbocycles. The second-order valence-corrected chi connectivity index (χ2v) is 6.47. The monoisotopic (exact) mass is 316 g/mol. The molecule has 1 saturated carbocycles. The third-order valence-electron chi connectivity index (χ3n) is 4.81. The van der Waals surface area contributed by atoms with Crippen LogP contribution in [0.4, 0.5) is 0 Å². The Bertz CT molecular complexity index is 515. The van der Waals surface area contributed by atoms with Gasteiger partial charge in [0.25, 0.3) is 0 Å². The van der Waals surface area contributed by atoms with E-state index in [2.05, 4.69) is 17.6 Å². The lowest BCUT2D eigenvalue weighted by Crippen LogP contribution is -2.47. The molecular formula is C19H28N2O2. The van der Waals surface area contributed by atoms with Gasteiger partial charge in [0.05, 0.1) is 0 Å². The van der Waals surface area contributed by atoms with E-state index >= 15 is 0 Å². The van der Waals surface area contributed by atoms with Crippen LogP contribution in [0.2, 0.25) is 0 Å². The van der Waals surface area contributed by atoms with Crippen molar-refractivity contribution in [3.8, 4) is 0 Å². The molecule has 0 saturated heterocycles. The van der Waals surface area contributed by atoms with Gasteiger partial charge in [0.1, 0.15) is 0 Å². The van der Waals surface area contributed by atoms with Crippen molar-refractivity contribution in [3.63, 3.8) is 0 Å². The van der Waals surface area contributed by atoms with Crippen molar-refractivity contribution in [3.05, 3.63) is 35.9 Å². The molecule has 0 aromatic heterocycles. The molecule has 4 nitrogen and oxygen atoms in total. The minimum atomic E-state index is -0.0316. The van der Waals surface area contributed by atoms with Crippen molar-refractivity contribution >= 4 is 11.8 Å². The van der Waals surface area contributed by atoms with Gasteiger partial charge in [-0.15, -0.1) is 0 Å². The zero-order chi connectivity index (χ0) is 16.7.